The van der Waals surface area contributed by atoms with Gasteiger partial charge in [-0.15, -0.1) is 0 Å². The second kappa shape index (κ2) is 5.17. The third-order valence-corrected chi connectivity index (χ3v) is 8.75. The van der Waals surface area contributed by atoms with E-state index in [-0.39, 0.29) is 12.8 Å². The minimum atomic E-state index is -2.54. The number of rotatable bonds is 2. The second-order valence-corrected chi connectivity index (χ2v) is 10.5. The van der Waals surface area contributed by atoms with Gasteiger partial charge >= 0.3 is 17.9 Å². The minimum Gasteiger partial charge on any atom is -0.481 e. The number of hydrogen-bond donors (Lipinski definition) is 4. The molecular formula is C20H26O10. The van der Waals surface area contributed by atoms with Crippen LogP contribution in [0.5, 0.6) is 0 Å². The van der Waals surface area contributed by atoms with Crippen molar-refractivity contribution in [2.24, 2.45) is 28.1 Å². The molecule has 0 radical (unpaired) electrons. The van der Waals surface area contributed by atoms with Gasteiger partial charge in [-0.05, 0) is 31.1 Å². The average molecular weight is 426 g/mol. The van der Waals surface area contributed by atoms with Gasteiger partial charge in [-0.25, -0.2) is 9.59 Å². The highest BCUT2D eigenvalue weighted by Crippen LogP contribution is 2.83. The van der Waals surface area contributed by atoms with E-state index in [1.54, 1.807) is 0 Å². The monoisotopic (exact) mass is 426 g/mol. The molecule has 10 heteroatoms. The molecule has 0 bridgehead atoms. The van der Waals surface area contributed by atoms with Crippen LogP contribution in [0.4, 0.5) is 0 Å². The normalized spacial score (nSPS) is 54.4. The van der Waals surface area contributed by atoms with Gasteiger partial charge in [-0.2, -0.15) is 0 Å². The molecule has 0 aromatic carbocycles. The summed E-state index contributed by atoms with van der Waals surface area (Å²) in [5, 5.41) is 43.5. The van der Waals surface area contributed by atoms with Crippen LogP contribution in [-0.4, -0.2) is 74.1 Å². The molecular weight excluding hydrogens is 400 g/mol. The van der Waals surface area contributed by atoms with Gasteiger partial charge in [0.05, 0.1) is 22.9 Å². The predicted molar refractivity (Wildman–Crippen MR) is 94.4 cm³/mol. The van der Waals surface area contributed by atoms with E-state index < -0.39 is 81.8 Å². The quantitative estimate of drug-likeness (QED) is 0.411. The molecule has 3 saturated heterocycles. The number of carbonyl (C=O) groups excluding carboxylic acids is 2. The van der Waals surface area contributed by atoms with Crippen molar-refractivity contribution in [3.8, 4) is 0 Å². The molecule has 2 saturated carbocycles. The molecule has 0 aromatic rings. The Bertz CT molecular complexity index is 879. The summed E-state index contributed by atoms with van der Waals surface area (Å²) in [4.78, 5) is 37.6. The van der Waals surface area contributed by atoms with Gasteiger partial charge in [0.15, 0.2) is 6.10 Å². The molecule has 0 aromatic heterocycles. The zero-order valence-corrected chi connectivity index (χ0v) is 17.1. The first kappa shape index (κ1) is 20.2. The number of carbonyl (C=O) groups is 3. The Morgan fingerprint density at radius 1 is 1.20 bits per heavy atom. The van der Waals surface area contributed by atoms with Gasteiger partial charge in [0.2, 0.25) is 11.9 Å². The van der Waals surface area contributed by atoms with Crippen molar-refractivity contribution in [3.05, 3.63) is 0 Å². The highest BCUT2D eigenvalue weighted by Gasteiger charge is 2.99. The third kappa shape index (κ3) is 1.57. The summed E-state index contributed by atoms with van der Waals surface area (Å²) in [6, 6.07) is 0. The maximum absolute atomic E-state index is 13.3. The molecule has 5 fully saturated rings. The molecule has 5 aliphatic rings. The van der Waals surface area contributed by atoms with Crippen molar-refractivity contribution in [1.82, 2.24) is 0 Å². The highest BCUT2D eigenvalue weighted by atomic mass is 16.8. The number of ether oxygens (including phenoxy) is 3. The topological polar surface area (TPSA) is 160 Å². The van der Waals surface area contributed by atoms with Crippen LogP contribution >= 0.6 is 0 Å². The summed E-state index contributed by atoms with van der Waals surface area (Å²) in [7, 11) is 0. The zero-order chi connectivity index (χ0) is 22.2. The van der Waals surface area contributed by atoms with Crippen LogP contribution in [0.15, 0.2) is 0 Å². The Morgan fingerprint density at radius 3 is 2.40 bits per heavy atom. The fraction of sp³-hybridized carbons (Fsp3) is 0.850. The van der Waals surface area contributed by atoms with E-state index in [0.717, 1.165) is 0 Å². The molecule has 10 nitrogen and oxygen atoms in total. The maximum atomic E-state index is 13.3. The van der Waals surface area contributed by atoms with Crippen LogP contribution in [0.2, 0.25) is 0 Å². The summed E-state index contributed by atoms with van der Waals surface area (Å²) in [6.45, 7) is 6.92. The predicted octanol–water partition coefficient (Wildman–Crippen LogP) is -0.820. The lowest BCUT2D eigenvalue weighted by Gasteiger charge is -2.46. The van der Waals surface area contributed by atoms with Gasteiger partial charge in [0.25, 0.3) is 0 Å². The van der Waals surface area contributed by atoms with Crippen LogP contribution in [0, 0.1) is 28.1 Å². The molecule has 10 atom stereocenters. The number of carboxylic acids is 1. The van der Waals surface area contributed by atoms with Crippen molar-refractivity contribution in [1.29, 1.82) is 0 Å². The summed E-state index contributed by atoms with van der Waals surface area (Å²) in [5.74, 6) is -5.38. The molecule has 2 unspecified atom stereocenters. The number of aliphatic hydroxyl groups is 3. The van der Waals surface area contributed by atoms with Gasteiger partial charge in [0.1, 0.15) is 11.7 Å². The number of carboxylic acid groups (broad SMARTS) is 1. The van der Waals surface area contributed by atoms with Crippen LogP contribution in [0.25, 0.3) is 0 Å². The fourth-order valence-electron chi connectivity index (χ4n) is 7.72. The minimum absolute atomic E-state index is 0.259. The van der Waals surface area contributed by atoms with E-state index in [1.807, 2.05) is 20.8 Å². The van der Waals surface area contributed by atoms with E-state index in [4.69, 9.17) is 14.2 Å². The van der Waals surface area contributed by atoms with Crippen molar-refractivity contribution < 1.29 is 49.0 Å². The largest absolute Gasteiger partial charge is 0.481 e. The smallest absolute Gasteiger partial charge is 0.342 e. The first-order valence-electron chi connectivity index (χ1n) is 10.1. The van der Waals surface area contributed by atoms with Gasteiger partial charge < -0.3 is 34.6 Å². The lowest BCUT2D eigenvalue weighted by molar-refractivity contribution is -0.253. The van der Waals surface area contributed by atoms with Gasteiger partial charge in [0, 0.05) is 0 Å². The molecule has 0 amide bonds. The van der Waals surface area contributed by atoms with E-state index in [1.165, 1.54) is 6.92 Å². The first-order chi connectivity index (χ1) is 13.7. The Morgan fingerprint density at radius 2 is 1.83 bits per heavy atom. The Labute approximate surface area is 172 Å². The molecule has 166 valence electrons. The fourth-order valence-corrected chi connectivity index (χ4v) is 7.72. The van der Waals surface area contributed by atoms with Crippen LogP contribution < -0.4 is 0 Å². The number of esters is 2. The third-order valence-electron chi connectivity index (χ3n) is 8.75. The van der Waals surface area contributed by atoms with E-state index >= 15 is 0 Å². The van der Waals surface area contributed by atoms with E-state index in [0.29, 0.717) is 0 Å². The Hall–Kier alpha value is -1.75. The van der Waals surface area contributed by atoms with E-state index in [2.05, 4.69) is 0 Å². The van der Waals surface area contributed by atoms with Gasteiger partial charge in [-0.3, -0.25) is 4.79 Å². The first-order valence-corrected chi connectivity index (χ1v) is 10.1. The second-order valence-electron chi connectivity index (χ2n) is 10.5. The average Bonchev–Trinajstić information content (AvgIpc) is 3.28. The lowest BCUT2D eigenvalue weighted by Crippen LogP contribution is -2.68. The van der Waals surface area contributed by atoms with Crippen molar-refractivity contribution in [2.75, 3.05) is 0 Å². The van der Waals surface area contributed by atoms with Crippen molar-refractivity contribution in [3.63, 3.8) is 0 Å². The highest BCUT2D eigenvalue weighted by molar-refractivity contribution is 5.92. The summed E-state index contributed by atoms with van der Waals surface area (Å²) in [5.41, 5.74) is -8.33. The molecule has 30 heavy (non-hydrogen) atoms. The Kier molecular flexibility index (Phi) is 3.48. The Balaban J connectivity index is 1.85. The number of aliphatic hydroxyl groups excluding tert-OH is 2. The molecule has 2 spiro atoms. The summed E-state index contributed by atoms with van der Waals surface area (Å²) >= 11 is 0. The number of aliphatic carboxylic acids is 1. The standard InChI is InChI=1S/C20H26O10/c1-7(12(23)24)19(27)9(21)6-17-10-5-8(16(2,3)4)18(17)11(22)13(25)29-15(18)30-20(17,19)14(26)28-10/h7-11,15,21-22,27H,5-6H2,1-4H3,(H,23,24)/t7-,8?,9+,10+,11+,15+,17-,18?,19-,20-/m1/s1. The van der Waals surface area contributed by atoms with E-state index in [9.17, 15) is 34.8 Å². The maximum Gasteiger partial charge on any atom is 0.342 e. The lowest BCUT2D eigenvalue weighted by atomic mass is 9.51. The molecule has 3 aliphatic heterocycles. The van der Waals surface area contributed by atoms with Crippen LogP contribution in [-0.2, 0) is 28.6 Å². The van der Waals surface area contributed by atoms with Gasteiger partial charge in [-0.1, -0.05) is 20.8 Å². The number of hydrogen-bond acceptors (Lipinski definition) is 9. The molecule has 3 heterocycles. The van der Waals surface area contributed by atoms with Crippen LogP contribution in [0.3, 0.4) is 0 Å². The molecule has 2 aliphatic carbocycles. The SMILES string of the molecule is C[C@H](C(=O)O)[C@@]1(O)[C@@H](O)C[C@@]23[C@@H]4CC(C(C)(C)C)C25[C@@H](OC(=O)[C@@H]5O)O[C@@]13C(=O)O4. The molecule has 5 rings (SSSR count). The molecule has 4 N–H and O–H groups in total. The van der Waals surface area contributed by atoms with Crippen molar-refractivity contribution >= 4 is 17.9 Å². The zero-order valence-electron chi connectivity index (χ0n) is 17.1. The van der Waals surface area contributed by atoms with Crippen LogP contribution in [0.1, 0.15) is 40.5 Å². The van der Waals surface area contributed by atoms with Crippen molar-refractivity contribution in [2.45, 2.75) is 76.3 Å². The summed E-state index contributed by atoms with van der Waals surface area (Å²) in [6.07, 6.45) is -5.60. The summed E-state index contributed by atoms with van der Waals surface area (Å²) < 4.78 is 17.0.